The van der Waals surface area contributed by atoms with Gasteiger partial charge >= 0.3 is 5.97 Å². The number of ether oxygens (including phenoxy) is 1. The fourth-order valence-electron chi connectivity index (χ4n) is 2.03. The number of aryl methyl sites for hydroxylation is 1. The van der Waals surface area contributed by atoms with E-state index in [0.29, 0.717) is 11.3 Å². The molecule has 0 aliphatic carbocycles. The van der Waals surface area contributed by atoms with Gasteiger partial charge in [0.15, 0.2) is 6.61 Å². The number of esters is 1. The van der Waals surface area contributed by atoms with Crippen molar-refractivity contribution in [3.8, 4) is 11.5 Å². The highest BCUT2D eigenvalue weighted by Crippen LogP contribution is 2.21. The number of carbonyl (C=O) groups is 1. The van der Waals surface area contributed by atoms with E-state index in [1.165, 1.54) is 24.3 Å². The summed E-state index contributed by atoms with van der Waals surface area (Å²) in [6.07, 6.45) is 1.73. The molecule has 0 unspecified atom stereocenters. The Bertz CT molecular complexity index is 881. The highest BCUT2D eigenvalue weighted by molar-refractivity contribution is 5.87. The average molecular weight is 328 g/mol. The van der Waals surface area contributed by atoms with Crippen LogP contribution in [0.5, 0.6) is 0 Å². The SMILES string of the molecule is Cn1cccc1C(=O)OCc1nnc(-c2ccc([N+](=O)[O-])cc2)o1. The minimum absolute atomic E-state index is 0.0324. The standard InChI is InChI=1S/C15H12N4O5/c1-18-8-2-3-12(18)15(20)23-9-13-16-17-14(24-13)10-4-6-11(7-5-10)19(21)22/h2-8H,9H2,1H3. The fourth-order valence-corrected chi connectivity index (χ4v) is 2.03. The molecule has 0 radical (unpaired) electrons. The molecule has 3 rings (SSSR count). The Labute approximate surface area is 135 Å². The number of carbonyl (C=O) groups excluding carboxylic acids is 1. The Morgan fingerprint density at radius 1 is 1.29 bits per heavy atom. The summed E-state index contributed by atoms with van der Waals surface area (Å²) in [7, 11) is 1.73. The van der Waals surface area contributed by atoms with Crippen LogP contribution >= 0.6 is 0 Å². The Morgan fingerprint density at radius 3 is 2.67 bits per heavy atom. The van der Waals surface area contributed by atoms with E-state index >= 15 is 0 Å². The summed E-state index contributed by atoms with van der Waals surface area (Å²) >= 11 is 0. The molecule has 0 atom stereocenters. The molecular weight excluding hydrogens is 316 g/mol. The van der Waals surface area contributed by atoms with Crippen molar-refractivity contribution in [3.05, 3.63) is 64.3 Å². The zero-order valence-electron chi connectivity index (χ0n) is 12.6. The zero-order valence-corrected chi connectivity index (χ0v) is 12.6. The molecular formula is C15H12N4O5. The zero-order chi connectivity index (χ0) is 17.1. The van der Waals surface area contributed by atoms with Gasteiger partial charge in [0.1, 0.15) is 5.69 Å². The Kier molecular flexibility index (Phi) is 4.06. The summed E-state index contributed by atoms with van der Waals surface area (Å²) in [6.45, 7) is -0.163. The molecule has 0 fully saturated rings. The molecule has 2 heterocycles. The molecule has 2 aromatic heterocycles. The van der Waals surface area contributed by atoms with Crippen LogP contribution < -0.4 is 0 Å². The molecule has 0 N–H and O–H groups in total. The molecule has 9 heteroatoms. The number of nitrogens with zero attached hydrogens (tertiary/aromatic N) is 4. The lowest BCUT2D eigenvalue weighted by molar-refractivity contribution is -0.384. The van der Waals surface area contributed by atoms with E-state index in [1.54, 1.807) is 29.9 Å². The quantitative estimate of drug-likeness (QED) is 0.401. The molecule has 0 aliphatic rings. The van der Waals surface area contributed by atoms with E-state index < -0.39 is 10.9 Å². The summed E-state index contributed by atoms with van der Waals surface area (Å²) < 4.78 is 12.1. The predicted molar refractivity (Wildman–Crippen MR) is 80.9 cm³/mol. The average Bonchev–Trinajstić information content (AvgIpc) is 3.21. The van der Waals surface area contributed by atoms with Gasteiger partial charge in [-0.2, -0.15) is 0 Å². The van der Waals surface area contributed by atoms with Crippen molar-refractivity contribution in [1.82, 2.24) is 14.8 Å². The van der Waals surface area contributed by atoms with Crippen LogP contribution in [-0.4, -0.2) is 25.7 Å². The van der Waals surface area contributed by atoms with Gasteiger partial charge in [0, 0.05) is 30.9 Å². The molecule has 122 valence electrons. The number of aromatic nitrogens is 3. The maximum absolute atomic E-state index is 11.9. The topological polar surface area (TPSA) is 113 Å². The van der Waals surface area contributed by atoms with Gasteiger partial charge in [-0.15, -0.1) is 10.2 Å². The fraction of sp³-hybridized carbons (Fsp3) is 0.133. The van der Waals surface area contributed by atoms with E-state index in [9.17, 15) is 14.9 Å². The second kappa shape index (κ2) is 6.32. The van der Waals surface area contributed by atoms with Crippen molar-refractivity contribution in [1.29, 1.82) is 0 Å². The molecule has 9 nitrogen and oxygen atoms in total. The van der Waals surface area contributed by atoms with Crippen LogP contribution in [0.15, 0.2) is 47.0 Å². The molecule has 0 aliphatic heterocycles. The van der Waals surface area contributed by atoms with E-state index in [0.717, 1.165) is 0 Å². The number of nitro groups is 1. The lowest BCUT2D eigenvalue weighted by Crippen LogP contribution is -2.09. The number of rotatable bonds is 5. The number of hydrogen-bond donors (Lipinski definition) is 0. The lowest BCUT2D eigenvalue weighted by Gasteiger charge is -2.02. The first-order valence-electron chi connectivity index (χ1n) is 6.90. The first kappa shape index (κ1) is 15.4. The smallest absolute Gasteiger partial charge is 0.355 e. The molecule has 0 spiro atoms. The first-order chi connectivity index (χ1) is 11.5. The van der Waals surface area contributed by atoms with E-state index in [-0.39, 0.29) is 24.1 Å². The molecule has 1 aromatic carbocycles. The van der Waals surface area contributed by atoms with Gasteiger partial charge in [-0.1, -0.05) is 0 Å². The molecule has 3 aromatic rings. The first-order valence-corrected chi connectivity index (χ1v) is 6.90. The van der Waals surface area contributed by atoms with Crippen molar-refractivity contribution in [3.63, 3.8) is 0 Å². The van der Waals surface area contributed by atoms with Crippen LogP contribution in [-0.2, 0) is 18.4 Å². The van der Waals surface area contributed by atoms with Crippen molar-refractivity contribution >= 4 is 11.7 Å². The number of non-ortho nitro benzene ring substituents is 1. The Balaban J connectivity index is 1.66. The van der Waals surface area contributed by atoms with E-state index in [2.05, 4.69) is 10.2 Å². The Morgan fingerprint density at radius 2 is 2.04 bits per heavy atom. The number of nitro benzene ring substituents is 1. The lowest BCUT2D eigenvalue weighted by atomic mass is 10.2. The third kappa shape index (κ3) is 3.14. The predicted octanol–water partition coefficient (Wildman–Crippen LogP) is 2.34. The van der Waals surface area contributed by atoms with Gasteiger partial charge < -0.3 is 13.7 Å². The summed E-state index contributed by atoms with van der Waals surface area (Å²) in [5.41, 5.74) is 0.910. The third-order valence-electron chi connectivity index (χ3n) is 3.27. The van der Waals surface area contributed by atoms with Crippen LogP contribution in [0.3, 0.4) is 0 Å². The maximum Gasteiger partial charge on any atom is 0.355 e. The van der Waals surface area contributed by atoms with Crippen molar-refractivity contribution in [2.75, 3.05) is 0 Å². The van der Waals surface area contributed by atoms with Crippen LogP contribution in [0.2, 0.25) is 0 Å². The minimum atomic E-state index is -0.502. The van der Waals surface area contributed by atoms with Gasteiger partial charge in [0.25, 0.3) is 11.6 Å². The monoisotopic (exact) mass is 328 g/mol. The molecule has 0 bridgehead atoms. The molecule has 24 heavy (non-hydrogen) atoms. The number of benzene rings is 1. The summed E-state index contributed by atoms with van der Waals surface area (Å²) in [5.74, 6) is -0.182. The molecule has 0 saturated carbocycles. The van der Waals surface area contributed by atoms with Crippen LogP contribution in [0, 0.1) is 10.1 Å². The largest absolute Gasteiger partial charge is 0.451 e. The van der Waals surface area contributed by atoms with Crippen molar-refractivity contribution < 1.29 is 18.9 Å². The summed E-state index contributed by atoms with van der Waals surface area (Å²) in [4.78, 5) is 22.0. The van der Waals surface area contributed by atoms with Crippen molar-refractivity contribution in [2.45, 2.75) is 6.61 Å². The summed E-state index contributed by atoms with van der Waals surface area (Å²) in [6, 6.07) is 9.06. The maximum atomic E-state index is 11.9. The minimum Gasteiger partial charge on any atom is -0.451 e. The molecule has 0 amide bonds. The third-order valence-corrected chi connectivity index (χ3v) is 3.27. The number of hydrogen-bond acceptors (Lipinski definition) is 7. The van der Waals surface area contributed by atoms with E-state index in [4.69, 9.17) is 9.15 Å². The highest BCUT2D eigenvalue weighted by atomic mass is 16.6. The van der Waals surface area contributed by atoms with Gasteiger partial charge in [-0.25, -0.2) is 4.79 Å². The normalized spacial score (nSPS) is 10.5. The second-order valence-electron chi connectivity index (χ2n) is 4.89. The van der Waals surface area contributed by atoms with E-state index in [1.807, 2.05) is 0 Å². The highest BCUT2D eigenvalue weighted by Gasteiger charge is 2.14. The second-order valence-corrected chi connectivity index (χ2v) is 4.89. The van der Waals surface area contributed by atoms with Crippen LogP contribution in [0.4, 0.5) is 5.69 Å². The van der Waals surface area contributed by atoms with Gasteiger partial charge in [0.05, 0.1) is 4.92 Å². The van der Waals surface area contributed by atoms with Crippen LogP contribution in [0.25, 0.3) is 11.5 Å². The summed E-state index contributed by atoms with van der Waals surface area (Å²) in [5, 5.41) is 18.3. The van der Waals surface area contributed by atoms with Gasteiger partial charge in [-0.05, 0) is 24.3 Å². The van der Waals surface area contributed by atoms with Crippen molar-refractivity contribution in [2.24, 2.45) is 7.05 Å². The van der Waals surface area contributed by atoms with Gasteiger partial charge in [0.2, 0.25) is 5.89 Å². The Hall–Kier alpha value is -3.49. The van der Waals surface area contributed by atoms with Gasteiger partial charge in [-0.3, -0.25) is 10.1 Å². The molecule has 0 saturated heterocycles. The van der Waals surface area contributed by atoms with Crippen LogP contribution in [0.1, 0.15) is 16.4 Å².